The summed E-state index contributed by atoms with van der Waals surface area (Å²) in [6, 6.07) is 2.56. The van der Waals surface area contributed by atoms with Gasteiger partial charge in [0, 0.05) is 16.5 Å². The summed E-state index contributed by atoms with van der Waals surface area (Å²) in [6.07, 6.45) is 0. The first-order valence-electron chi connectivity index (χ1n) is 15.8. The van der Waals surface area contributed by atoms with Crippen LogP contribution in [-0.2, 0) is 0 Å². The quantitative estimate of drug-likeness (QED) is 0.0540. The molecular formula is C37H25F13OSi. The number of rotatable bonds is 6. The van der Waals surface area contributed by atoms with Crippen molar-refractivity contribution in [3.63, 3.8) is 0 Å². The molecule has 15 heteroatoms. The van der Waals surface area contributed by atoms with Gasteiger partial charge in [-0.25, -0.2) is 52.7 Å². The van der Waals surface area contributed by atoms with Crippen LogP contribution in [0.4, 0.5) is 57.1 Å². The van der Waals surface area contributed by atoms with Gasteiger partial charge in [0.1, 0.15) is 23.3 Å². The Kier molecular flexibility index (Phi) is 8.99. The molecular weight excluding hydrogens is 735 g/mol. The van der Waals surface area contributed by atoms with Crippen molar-refractivity contribution >= 4 is 51.4 Å². The van der Waals surface area contributed by atoms with E-state index in [2.05, 4.69) is 0 Å². The molecule has 0 radical (unpaired) electrons. The van der Waals surface area contributed by atoms with Crippen LogP contribution in [0.5, 0.6) is 5.75 Å². The van der Waals surface area contributed by atoms with Crippen molar-refractivity contribution in [2.24, 2.45) is 0 Å². The lowest BCUT2D eigenvalue weighted by Crippen LogP contribution is -2.51. The summed E-state index contributed by atoms with van der Waals surface area (Å²) in [5.41, 5.74) is -4.15. The smallest absolute Gasteiger partial charge is 0.259 e. The Balaban J connectivity index is 1.78. The molecule has 1 nitrogen and oxygen atoms in total. The Morgan fingerprint density at radius 3 is 1.44 bits per heavy atom. The molecule has 0 fully saturated rings. The Morgan fingerprint density at radius 2 is 0.865 bits per heavy atom. The Hall–Kier alpha value is -4.53. The second-order valence-electron chi connectivity index (χ2n) is 13.4. The van der Waals surface area contributed by atoms with Crippen molar-refractivity contribution in [1.29, 1.82) is 0 Å². The van der Waals surface area contributed by atoms with Crippen LogP contribution < -0.4 is 4.43 Å². The van der Waals surface area contributed by atoms with E-state index in [0.29, 0.717) is 12.1 Å². The fourth-order valence-electron chi connectivity index (χ4n) is 7.63. The van der Waals surface area contributed by atoms with E-state index in [-0.39, 0.29) is 0 Å². The number of benzene rings is 6. The molecule has 6 rings (SSSR count). The zero-order valence-corrected chi connectivity index (χ0v) is 28.9. The van der Waals surface area contributed by atoms with E-state index >= 15 is 43.9 Å². The Morgan fingerprint density at radius 1 is 0.404 bits per heavy atom. The molecule has 6 aromatic rings. The van der Waals surface area contributed by atoms with Crippen LogP contribution in [-0.4, -0.2) is 8.32 Å². The summed E-state index contributed by atoms with van der Waals surface area (Å²) in [6.45, 7) is 10.1. The minimum absolute atomic E-state index is 0.390. The van der Waals surface area contributed by atoms with E-state index in [4.69, 9.17) is 4.43 Å². The first-order valence-corrected chi connectivity index (χ1v) is 17.9. The zero-order chi connectivity index (χ0) is 38.6. The molecule has 0 unspecified atom stereocenters. The van der Waals surface area contributed by atoms with Crippen LogP contribution in [0.1, 0.15) is 41.5 Å². The van der Waals surface area contributed by atoms with Gasteiger partial charge in [-0.15, -0.1) is 0 Å². The molecule has 0 aromatic heterocycles. The summed E-state index contributed by atoms with van der Waals surface area (Å²) in [4.78, 5) is 0. The van der Waals surface area contributed by atoms with Crippen molar-refractivity contribution in [2.45, 2.75) is 58.2 Å². The molecule has 0 amide bonds. The third-order valence-electron chi connectivity index (χ3n) is 9.85. The van der Waals surface area contributed by atoms with Crippen LogP contribution in [0.25, 0.3) is 54.2 Å². The van der Waals surface area contributed by atoms with E-state index in [1.54, 1.807) is 41.5 Å². The fraction of sp³-hybridized carbons (Fsp3) is 0.243. The molecule has 0 saturated heterocycles. The number of hydrogen-bond acceptors (Lipinski definition) is 1. The molecule has 0 bridgehead atoms. The lowest BCUT2D eigenvalue weighted by molar-refractivity contribution is 0.398. The molecule has 6 aromatic carbocycles. The largest absolute Gasteiger partial charge is 0.539 e. The summed E-state index contributed by atoms with van der Waals surface area (Å²) < 4.78 is 207. The van der Waals surface area contributed by atoms with Crippen LogP contribution in [0.15, 0.2) is 24.3 Å². The van der Waals surface area contributed by atoms with Crippen LogP contribution in [0, 0.1) is 75.6 Å². The van der Waals surface area contributed by atoms with E-state index in [9.17, 15) is 13.2 Å². The molecule has 0 atom stereocenters. The highest BCUT2D eigenvalue weighted by Crippen LogP contribution is 2.49. The molecule has 52 heavy (non-hydrogen) atoms. The predicted octanol–water partition coefficient (Wildman–Crippen LogP) is 13.3. The molecule has 0 aliphatic carbocycles. The lowest BCUT2D eigenvalue weighted by Gasteiger charge is -2.42. The standard InChI is InChI=1S/C37H25F13OSi/c1-11(2)52(12(3)4,13(5)6)51-37-34(48)24-23(33(47)36(37)50)29(43)22-21(28(24)42)20(31(45)35(49)32(22)46)16-8-7-14-9-15-10-17(38)26(40)30(44)19(15)27(41)18(14)25(16)39/h7-13H,1-6H3. The number of fused-ring (bicyclic) bond motifs is 4. The van der Waals surface area contributed by atoms with E-state index in [1.807, 2.05) is 0 Å². The van der Waals surface area contributed by atoms with E-state index in [1.165, 1.54) is 0 Å². The molecule has 0 heterocycles. The minimum Gasteiger partial charge on any atom is -0.539 e. The molecule has 0 aliphatic rings. The third-order valence-corrected chi connectivity index (χ3v) is 15.8. The summed E-state index contributed by atoms with van der Waals surface area (Å²) >= 11 is 0. The van der Waals surface area contributed by atoms with Crippen LogP contribution in [0.2, 0.25) is 16.6 Å². The molecule has 0 saturated carbocycles. The van der Waals surface area contributed by atoms with Gasteiger partial charge in [0.25, 0.3) is 8.32 Å². The van der Waals surface area contributed by atoms with Gasteiger partial charge >= 0.3 is 0 Å². The van der Waals surface area contributed by atoms with Crippen molar-refractivity contribution in [2.75, 3.05) is 0 Å². The first-order chi connectivity index (χ1) is 24.2. The van der Waals surface area contributed by atoms with Gasteiger partial charge in [-0.05, 0) is 39.5 Å². The number of hydrogen-bond donors (Lipinski definition) is 0. The maximum Gasteiger partial charge on any atom is 0.259 e. The monoisotopic (exact) mass is 760 g/mol. The van der Waals surface area contributed by atoms with Gasteiger partial charge in [-0.3, -0.25) is 0 Å². The molecule has 274 valence electrons. The van der Waals surface area contributed by atoms with Gasteiger partial charge in [-0.1, -0.05) is 53.7 Å². The number of halogens is 13. The Bertz CT molecular complexity index is 2510. The highest BCUT2D eigenvalue weighted by Gasteiger charge is 2.48. The van der Waals surface area contributed by atoms with Gasteiger partial charge in [0.2, 0.25) is 5.82 Å². The van der Waals surface area contributed by atoms with Crippen molar-refractivity contribution < 1.29 is 61.5 Å². The highest BCUT2D eigenvalue weighted by atomic mass is 28.4. The van der Waals surface area contributed by atoms with Crippen LogP contribution in [0.3, 0.4) is 0 Å². The van der Waals surface area contributed by atoms with Crippen molar-refractivity contribution in [3.05, 3.63) is 99.9 Å². The lowest BCUT2D eigenvalue weighted by atomic mass is 9.90. The van der Waals surface area contributed by atoms with Crippen molar-refractivity contribution in [1.82, 2.24) is 0 Å². The average molecular weight is 761 g/mol. The first kappa shape index (κ1) is 37.2. The summed E-state index contributed by atoms with van der Waals surface area (Å²) in [5, 5.41) is -10.7. The second kappa shape index (κ2) is 12.6. The average Bonchev–Trinajstić information content (AvgIpc) is 3.06. The Labute approximate surface area is 287 Å². The SMILES string of the molecule is CC(C)[Si](Oc1c(F)c(F)c2c(F)c3c(F)c(F)c(F)c(-c4ccc5cc6cc(F)c(F)c(F)c6c(F)c5c4F)c3c(F)c2c1F)(C(C)C)C(C)C. The predicted molar refractivity (Wildman–Crippen MR) is 173 cm³/mol. The molecule has 0 aliphatic heterocycles. The summed E-state index contributed by atoms with van der Waals surface area (Å²) in [7, 11) is -3.37. The topological polar surface area (TPSA) is 9.23 Å². The van der Waals surface area contributed by atoms with Crippen LogP contribution >= 0.6 is 0 Å². The minimum atomic E-state index is -3.37. The normalized spacial score (nSPS) is 12.7. The zero-order valence-electron chi connectivity index (χ0n) is 27.9. The van der Waals surface area contributed by atoms with Gasteiger partial charge in [-0.2, -0.15) is 4.39 Å². The van der Waals surface area contributed by atoms with E-state index < -0.39 is 161 Å². The highest BCUT2D eigenvalue weighted by molar-refractivity contribution is 6.78. The van der Waals surface area contributed by atoms with Crippen molar-refractivity contribution in [3.8, 4) is 16.9 Å². The maximum absolute atomic E-state index is 16.7. The fourth-order valence-corrected chi connectivity index (χ4v) is 12.9. The van der Waals surface area contributed by atoms with Gasteiger partial charge in [0.05, 0.1) is 26.9 Å². The molecule has 0 spiro atoms. The maximum atomic E-state index is 16.7. The van der Waals surface area contributed by atoms with Gasteiger partial charge in [0.15, 0.2) is 52.3 Å². The third kappa shape index (κ3) is 4.90. The van der Waals surface area contributed by atoms with Gasteiger partial charge < -0.3 is 4.43 Å². The summed E-state index contributed by atoms with van der Waals surface area (Å²) in [5.74, 6) is -29.5. The second-order valence-corrected chi connectivity index (χ2v) is 18.8. The molecule has 0 N–H and O–H groups in total. The van der Waals surface area contributed by atoms with E-state index in [0.717, 1.165) is 12.1 Å².